The lowest BCUT2D eigenvalue weighted by Crippen LogP contribution is -2.57. The minimum Gasteiger partial charge on any atom is -0.366 e. The second kappa shape index (κ2) is 4.71. The number of hydrogen-bond donors (Lipinski definition) is 1. The predicted molar refractivity (Wildman–Crippen MR) is 67.5 cm³/mol. The molecule has 0 spiro atoms. The minimum atomic E-state index is -0.333. The predicted octanol–water partition coefficient (Wildman–Crippen LogP) is 1.70. The summed E-state index contributed by atoms with van der Waals surface area (Å²) in [5, 5.41) is 14.0. The second-order valence-electron chi connectivity index (χ2n) is 4.33. The summed E-state index contributed by atoms with van der Waals surface area (Å²) < 4.78 is 0. The first-order valence-electron chi connectivity index (χ1n) is 5.86. The second-order valence-corrected chi connectivity index (χ2v) is 4.33. The van der Waals surface area contributed by atoms with Gasteiger partial charge >= 0.3 is 0 Å². The van der Waals surface area contributed by atoms with E-state index in [2.05, 4.69) is 17.1 Å². The molecular formula is C12H17N3O2. The Hall–Kier alpha value is -1.62. The third-order valence-electron chi connectivity index (χ3n) is 3.25. The Kier molecular flexibility index (Phi) is 3.28. The van der Waals surface area contributed by atoms with Crippen molar-refractivity contribution in [2.45, 2.75) is 19.9 Å². The van der Waals surface area contributed by atoms with Gasteiger partial charge in [-0.05, 0) is 26.0 Å². The molecule has 1 N–H and O–H groups in total. The third-order valence-corrected chi connectivity index (χ3v) is 3.25. The molecule has 2 rings (SSSR count). The topological polar surface area (TPSA) is 58.4 Å². The van der Waals surface area contributed by atoms with Crippen LogP contribution < -0.4 is 10.2 Å². The summed E-state index contributed by atoms with van der Waals surface area (Å²) in [6, 6.07) is 5.85. The van der Waals surface area contributed by atoms with Crippen LogP contribution in [0.5, 0.6) is 0 Å². The van der Waals surface area contributed by atoms with E-state index in [4.69, 9.17) is 0 Å². The van der Waals surface area contributed by atoms with E-state index in [-0.39, 0.29) is 10.6 Å². The molecule has 0 amide bonds. The zero-order valence-corrected chi connectivity index (χ0v) is 10.1. The maximum Gasteiger partial charge on any atom is 0.272 e. The number of anilines is 1. The number of nitrogens with one attached hydrogen (secondary N) is 1. The average Bonchev–Trinajstić information content (AvgIpc) is 2.22. The Morgan fingerprint density at radius 3 is 2.65 bits per heavy atom. The number of nitrogens with zero attached hydrogens (tertiary/aromatic N) is 2. The fraction of sp³-hybridized carbons (Fsp3) is 0.500. The molecule has 0 atom stereocenters. The molecule has 1 aromatic carbocycles. The van der Waals surface area contributed by atoms with Crippen LogP contribution in [-0.4, -0.2) is 30.6 Å². The number of benzene rings is 1. The fourth-order valence-corrected chi connectivity index (χ4v) is 2.17. The lowest BCUT2D eigenvalue weighted by molar-refractivity contribution is -0.385. The molecule has 0 aliphatic carbocycles. The summed E-state index contributed by atoms with van der Waals surface area (Å²) in [5.74, 6) is 0. The van der Waals surface area contributed by atoms with Gasteiger partial charge in [0.1, 0.15) is 0 Å². The molecule has 1 aliphatic heterocycles. The summed E-state index contributed by atoms with van der Waals surface area (Å²) in [4.78, 5) is 12.7. The van der Waals surface area contributed by atoms with Crippen molar-refractivity contribution >= 4 is 11.4 Å². The Morgan fingerprint density at radius 2 is 2.24 bits per heavy atom. The van der Waals surface area contributed by atoms with Crippen molar-refractivity contribution in [1.82, 2.24) is 5.32 Å². The maximum absolute atomic E-state index is 10.8. The number of nitro benzene ring substituents is 1. The lowest BCUT2D eigenvalue weighted by atomic mass is 10.1. The first-order valence-corrected chi connectivity index (χ1v) is 5.86. The van der Waals surface area contributed by atoms with Crippen LogP contribution in [-0.2, 0) is 0 Å². The van der Waals surface area contributed by atoms with Crippen molar-refractivity contribution < 1.29 is 4.92 Å². The van der Waals surface area contributed by atoms with Gasteiger partial charge in [0.15, 0.2) is 0 Å². The van der Waals surface area contributed by atoms with Crippen LogP contribution in [0.4, 0.5) is 11.4 Å². The Morgan fingerprint density at radius 1 is 1.53 bits per heavy atom. The Balaban J connectivity index is 2.26. The Labute approximate surface area is 101 Å². The molecule has 0 unspecified atom stereocenters. The van der Waals surface area contributed by atoms with Gasteiger partial charge in [-0.25, -0.2) is 0 Å². The molecule has 1 saturated heterocycles. The van der Waals surface area contributed by atoms with E-state index in [1.54, 1.807) is 13.0 Å². The molecule has 0 bridgehead atoms. The van der Waals surface area contributed by atoms with Gasteiger partial charge in [-0.3, -0.25) is 10.1 Å². The first kappa shape index (κ1) is 11.9. The van der Waals surface area contributed by atoms with Crippen LogP contribution in [0.25, 0.3) is 0 Å². The van der Waals surface area contributed by atoms with Crippen LogP contribution in [0.3, 0.4) is 0 Å². The van der Waals surface area contributed by atoms with Crippen LogP contribution in [0.15, 0.2) is 18.2 Å². The highest BCUT2D eigenvalue weighted by Crippen LogP contribution is 2.26. The van der Waals surface area contributed by atoms with E-state index in [0.717, 1.165) is 30.9 Å². The van der Waals surface area contributed by atoms with Gasteiger partial charge in [0.05, 0.1) is 11.0 Å². The van der Waals surface area contributed by atoms with Crippen molar-refractivity contribution in [3.63, 3.8) is 0 Å². The molecule has 0 saturated carbocycles. The maximum atomic E-state index is 10.8. The average molecular weight is 235 g/mol. The first-order chi connectivity index (χ1) is 8.13. The van der Waals surface area contributed by atoms with Gasteiger partial charge in [-0.2, -0.15) is 0 Å². The quantitative estimate of drug-likeness (QED) is 0.637. The van der Waals surface area contributed by atoms with Crippen molar-refractivity contribution in [3.8, 4) is 0 Å². The number of hydrogen-bond acceptors (Lipinski definition) is 4. The van der Waals surface area contributed by atoms with Gasteiger partial charge in [0.2, 0.25) is 0 Å². The van der Waals surface area contributed by atoms with E-state index >= 15 is 0 Å². The zero-order valence-electron chi connectivity index (χ0n) is 10.1. The molecule has 0 aromatic heterocycles. The fourth-order valence-electron chi connectivity index (χ4n) is 2.17. The number of likely N-dealkylation sites (N-methyl/N-ethyl adjacent to an activating group) is 1. The Bertz CT molecular complexity index is 430. The highest BCUT2D eigenvalue weighted by Gasteiger charge is 2.24. The van der Waals surface area contributed by atoms with Crippen molar-refractivity contribution in [1.29, 1.82) is 0 Å². The van der Waals surface area contributed by atoms with Crippen molar-refractivity contribution in [2.75, 3.05) is 24.5 Å². The van der Waals surface area contributed by atoms with Crippen molar-refractivity contribution in [2.24, 2.45) is 0 Å². The molecule has 1 heterocycles. The highest BCUT2D eigenvalue weighted by atomic mass is 16.6. The molecule has 92 valence electrons. The molecule has 5 nitrogen and oxygen atoms in total. The van der Waals surface area contributed by atoms with Gasteiger partial charge in [-0.15, -0.1) is 0 Å². The summed E-state index contributed by atoms with van der Waals surface area (Å²) in [6.07, 6.45) is 0. The molecule has 5 heteroatoms. The summed E-state index contributed by atoms with van der Waals surface area (Å²) in [7, 11) is 0. The molecule has 1 aliphatic rings. The van der Waals surface area contributed by atoms with Gasteiger partial charge in [0, 0.05) is 37.0 Å². The molecule has 0 radical (unpaired) electrons. The molecule has 1 fully saturated rings. The van der Waals surface area contributed by atoms with E-state index in [9.17, 15) is 10.1 Å². The minimum absolute atomic E-state index is 0.191. The van der Waals surface area contributed by atoms with Crippen LogP contribution >= 0.6 is 0 Å². The van der Waals surface area contributed by atoms with Gasteiger partial charge < -0.3 is 10.2 Å². The van der Waals surface area contributed by atoms with E-state index in [1.165, 1.54) is 0 Å². The molecule has 1 aromatic rings. The van der Waals surface area contributed by atoms with E-state index in [0.29, 0.717) is 6.04 Å². The summed E-state index contributed by atoms with van der Waals surface area (Å²) in [6.45, 7) is 6.79. The largest absolute Gasteiger partial charge is 0.366 e. The zero-order chi connectivity index (χ0) is 12.4. The molecule has 17 heavy (non-hydrogen) atoms. The van der Waals surface area contributed by atoms with E-state index in [1.807, 2.05) is 12.1 Å². The smallest absolute Gasteiger partial charge is 0.272 e. The molecular weight excluding hydrogens is 218 g/mol. The van der Waals surface area contributed by atoms with Crippen molar-refractivity contribution in [3.05, 3.63) is 33.9 Å². The van der Waals surface area contributed by atoms with Gasteiger partial charge in [-0.1, -0.05) is 0 Å². The van der Waals surface area contributed by atoms with Crippen LogP contribution in [0.1, 0.15) is 12.5 Å². The lowest BCUT2D eigenvalue weighted by Gasteiger charge is -2.39. The highest BCUT2D eigenvalue weighted by molar-refractivity contribution is 5.56. The standard InChI is InChI=1S/C12H17N3O2/c1-3-14(11-7-13-8-11)10-4-5-12(15(16)17)9(2)6-10/h4-6,11,13H,3,7-8H2,1-2H3. The monoisotopic (exact) mass is 235 g/mol. The summed E-state index contributed by atoms with van der Waals surface area (Å²) in [5.41, 5.74) is 1.98. The normalized spacial score (nSPS) is 15.4. The summed E-state index contributed by atoms with van der Waals surface area (Å²) >= 11 is 0. The van der Waals surface area contributed by atoms with E-state index < -0.39 is 0 Å². The van der Waals surface area contributed by atoms with Gasteiger partial charge in [0.25, 0.3) is 5.69 Å². The number of nitro groups is 1. The third kappa shape index (κ3) is 2.24. The number of rotatable bonds is 4. The SMILES string of the molecule is CCN(c1ccc([N+](=O)[O-])c(C)c1)C1CNC1. The van der Waals surface area contributed by atoms with Crippen LogP contribution in [0, 0.1) is 17.0 Å². The van der Waals surface area contributed by atoms with Crippen LogP contribution in [0.2, 0.25) is 0 Å². The number of aryl methyl sites for hydroxylation is 1.